The SMILES string of the molecule is CCO[Si](OCC)OC(C)c1ccc(C)cc1. The molecule has 0 bridgehead atoms. The zero-order chi connectivity index (χ0) is 12.7. The van der Waals surface area contributed by atoms with Crippen molar-refractivity contribution in [3.63, 3.8) is 0 Å². The van der Waals surface area contributed by atoms with Crippen molar-refractivity contribution in [2.45, 2.75) is 33.8 Å². The highest BCUT2D eigenvalue weighted by atomic mass is 28.3. The largest absolute Gasteiger partial charge is 0.578 e. The summed E-state index contributed by atoms with van der Waals surface area (Å²) >= 11 is 0. The van der Waals surface area contributed by atoms with Crippen LogP contribution in [0.1, 0.15) is 38.0 Å². The highest BCUT2D eigenvalue weighted by Gasteiger charge is 2.21. The van der Waals surface area contributed by atoms with Gasteiger partial charge in [-0.05, 0) is 33.3 Å². The van der Waals surface area contributed by atoms with Crippen molar-refractivity contribution in [1.29, 1.82) is 0 Å². The first-order valence-electron chi connectivity index (χ1n) is 6.03. The minimum Gasteiger partial charge on any atom is -0.371 e. The number of benzene rings is 1. The number of aryl methyl sites for hydroxylation is 1. The van der Waals surface area contributed by atoms with Crippen LogP contribution >= 0.6 is 0 Å². The Balaban J connectivity index is 2.56. The molecule has 4 heteroatoms. The number of hydrogen-bond acceptors (Lipinski definition) is 3. The van der Waals surface area contributed by atoms with Crippen LogP contribution in [0.4, 0.5) is 0 Å². The van der Waals surface area contributed by atoms with Crippen molar-refractivity contribution in [1.82, 2.24) is 0 Å². The Labute approximate surface area is 106 Å². The molecule has 0 saturated heterocycles. The summed E-state index contributed by atoms with van der Waals surface area (Å²) in [6.07, 6.45) is 0.00240. The van der Waals surface area contributed by atoms with Crippen LogP contribution in [-0.4, -0.2) is 22.7 Å². The van der Waals surface area contributed by atoms with E-state index < -0.39 is 9.53 Å². The fourth-order valence-electron chi connectivity index (χ4n) is 1.40. The van der Waals surface area contributed by atoms with Gasteiger partial charge in [-0.2, -0.15) is 0 Å². The van der Waals surface area contributed by atoms with Gasteiger partial charge in [-0.3, -0.25) is 0 Å². The first kappa shape index (κ1) is 14.4. The molecule has 1 rings (SSSR count). The number of hydrogen-bond donors (Lipinski definition) is 0. The normalized spacial score (nSPS) is 13.0. The highest BCUT2D eigenvalue weighted by Crippen LogP contribution is 2.18. The Morgan fingerprint density at radius 2 is 1.59 bits per heavy atom. The van der Waals surface area contributed by atoms with Gasteiger partial charge in [-0.25, -0.2) is 0 Å². The Bertz CT molecular complexity index is 307. The van der Waals surface area contributed by atoms with Crippen molar-refractivity contribution >= 4 is 9.53 Å². The van der Waals surface area contributed by atoms with Gasteiger partial charge in [0.05, 0.1) is 6.10 Å². The van der Waals surface area contributed by atoms with E-state index in [0.717, 1.165) is 5.56 Å². The molecular weight excluding hydrogens is 232 g/mol. The van der Waals surface area contributed by atoms with E-state index in [1.165, 1.54) is 5.56 Å². The monoisotopic (exact) mass is 253 g/mol. The van der Waals surface area contributed by atoms with Crippen LogP contribution in [0.25, 0.3) is 0 Å². The molecule has 0 N–H and O–H groups in total. The number of rotatable bonds is 7. The first-order valence-corrected chi connectivity index (χ1v) is 7.25. The molecule has 3 nitrogen and oxygen atoms in total. The zero-order valence-electron chi connectivity index (χ0n) is 11.0. The summed E-state index contributed by atoms with van der Waals surface area (Å²) in [7, 11) is -1.60. The predicted octanol–water partition coefficient (Wildman–Crippen LogP) is 3.13. The first-order chi connectivity index (χ1) is 8.17. The van der Waals surface area contributed by atoms with Gasteiger partial charge in [0.25, 0.3) is 0 Å². The molecule has 17 heavy (non-hydrogen) atoms. The summed E-state index contributed by atoms with van der Waals surface area (Å²) < 4.78 is 16.7. The third-order valence-electron chi connectivity index (χ3n) is 2.34. The van der Waals surface area contributed by atoms with Crippen LogP contribution in [0.2, 0.25) is 0 Å². The fourth-order valence-corrected chi connectivity index (χ4v) is 2.51. The molecule has 1 unspecified atom stereocenters. The van der Waals surface area contributed by atoms with Crippen LogP contribution < -0.4 is 0 Å². The van der Waals surface area contributed by atoms with Crippen LogP contribution in [0, 0.1) is 6.92 Å². The molecule has 0 aliphatic heterocycles. The average molecular weight is 253 g/mol. The summed E-state index contributed by atoms with van der Waals surface area (Å²) in [5, 5.41) is 0. The van der Waals surface area contributed by atoms with Crippen LogP contribution in [0.3, 0.4) is 0 Å². The van der Waals surface area contributed by atoms with E-state index in [1.807, 2.05) is 20.8 Å². The van der Waals surface area contributed by atoms with Crippen LogP contribution in [0.5, 0.6) is 0 Å². The zero-order valence-corrected chi connectivity index (χ0v) is 12.0. The standard InChI is InChI=1S/C13H21O3Si/c1-5-14-17(15-6-2)16-12(4)13-9-7-11(3)8-10-13/h7-10,12H,5-6H2,1-4H3. The molecule has 0 aromatic heterocycles. The lowest BCUT2D eigenvalue weighted by molar-refractivity contribution is 0.0700. The van der Waals surface area contributed by atoms with Gasteiger partial charge in [0.1, 0.15) is 0 Å². The summed E-state index contributed by atoms with van der Waals surface area (Å²) in [5.74, 6) is 0. The third kappa shape index (κ3) is 5.00. The molecule has 95 valence electrons. The molecule has 1 radical (unpaired) electrons. The van der Waals surface area contributed by atoms with Gasteiger partial charge in [0.15, 0.2) is 0 Å². The molecular formula is C13H21O3Si. The van der Waals surface area contributed by atoms with Crippen molar-refractivity contribution in [2.24, 2.45) is 0 Å². The molecule has 0 saturated carbocycles. The Morgan fingerprint density at radius 3 is 2.06 bits per heavy atom. The molecule has 0 aliphatic rings. The molecule has 1 atom stereocenters. The lowest BCUT2D eigenvalue weighted by Gasteiger charge is -2.18. The van der Waals surface area contributed by atoms with E-state index in [0.29, 0.717) is 13.2 Å². The maximum atomic E-state index is 5.81. The van der Waals surface area contributed by atoms with Crippen molar-refractivity contribution < 1.29 is 13.3 Å². The average Bonchev–Trinajstić information content (AvgIpc) is 2.30. The van der Waals surface area contributed by atoms with Gasteiger partial charge < -0.3 is 13.3 Å². The van der Waals surface area contributed by atoms with Crippen LogP contribution in [0.15, 0.2) is 24.3 Å². The summed E-state index contributed by atoms with van der Waals surface area (Å²) in [5.41, 5.74) is 2.40. The maximum absolute atomic E-state index is 5.81. The Hall–Kier alpha value is -0.683. The summed E-state index contributed by atoms with van der Waals surface area (Å²) in [6, 6.07) is 8.33. The molecule has 0 aliphatic carbocycles. The lowest BCUT2D eigenvalue weighted by Crippen LogP contribution is -2.28. The third-order valence-corrected chi connectivity index (χ3v) is 3.94. The second kappa shape index (κ2) is 7.61. The van der Waals surface area contributed by atoms with Gasteiger partial charge in [-0.15, -0.1) is 0 Å². The van der Waals surface area contributed by atoms with Crippen molar-refractivity contribution in [2.75, 3.05) is 13.2 Å². The van der Waals surface area contributed by atoms with E-state index in [9.17, 15) is 0 Å². The molecule has 0 spiro atoms. The topological polar surface area (TPSA) is 27.7 Å². The molecule has 1 aromatic rings. The Morgan fingerprint density at radius 1 is 1.06 bits per heavy atom. The van der Waals surface area contributed by atoms with E-state index in [-0.39, 0.29) is 6.10 Å². The molecule has 0 heterocycles. The second-order valence-corrected chi connectivity index (χ2v) is 5.10. The predicted molar refractivity (Wildman–Crippen MR) is 69.7 cm³/mol. The van der Waals surface area contributed by atoms with Crippen LogP contribution in [-0.2, 0) is 13.3 Å². The maximum Gasteiger partial charge on any atom is 0.578 e. The van der Waals surface area contributed by atoms with Gasteiger partial charge in [0, 0.05) is 13.2 Å². The highest BCUT2D eigenvalue weighted by molar-refractivity contribution is 6.36. The van der Waals surface area contributed by atoms with E-state index >= 15 is 0 Å². The van der Waals surface area contributed by atoms with Crippen molar-refractivity contribution in [3.8, 4) is 0 Å². The van der Waals surface area contributed by atoms with E-state index in [4.69, 9.17) is 13.3 Å². The molecule has 1 aromatic carbocycles. The van der Waals surface area contributed by atoms with Gasteiger partial charge >= 0.3 is 9.53 Å². The molecule has 0 amide bonds. The quantitative estimate of drug-likeness (QED) is 0.699. The second-order valence-electron chi connectivity index (χ2n) is 3.79. The van der Waals surface area contributed by atoms with E-state index in [2.05, 4.69) is 31.2 Å². The minimum absolute atomic E-state index is 0.00240. The van der Waals surface area contributed by atoms with E-state index in [1.54, 1.807) is 0 Å². The molecule has 0 fully saturated rings. The lowest BCUT2D eigenvalue weighted by atomic mass is 10.1. The Kier molecular flexibility index (Phi) is 6.43. The summed E-state index contributed by atoms with van der Waals surface area (Å²) in [6.45, 7) is 9.23. The summed E-state index contributed by atoms with van der Waals surface area (Å²) in [4.78, 5) is 0. The fraction of sp³-hybridized carbons (Fsp3) is 0.538. The van der Waals surface area contributed by atoms with Crippen molar-refractivity contribution in [3.05, 3.63) is 35.4 Å². The van der Waals surface area contributed by atoms with Gasteiger partial charge in [-0.1, -0.05) is 29.8 Å². The minimum atomic E-state index is -1.60. The van der Waals surface area contributed by atoms with Gasteiger partial charge in [0.2, 0.25) is 0 Å². The smallest absolute Gasteiger partial charge is 0.371 e.